The van der Waals surface area contributed by atoms with Gasteiger partial charge in [0.2, 0.25) is 6.71 Å². The van der Waals surface area contributed by atoms with Crippen molar-refractivity contribution < 1.29 is 0 Å². The lowest BCUT2D eigenvalue weighted by Gasteiger charge is -2.46. The highest BCUT2D eigenvalue weighted by Crippen LogP contribution is 2.59. The summed E-state index contributed by atoms with van der Waals surface area (Å²) < 4.78 is 0. The summed E-state index contributed by atoms with van der Waals surface area (Å²) in [6.07, 6.45) is 0. The van der Waals surface area contributed by atoms with Gasteiger partial charge < -0.3 is 19.6 Å². The number of para-hydroxylation sites is 7. The number of rotatable bonds is 8. The van der Waals surface area contributed by atoms with Crippen LogP contribution in [0.25, 0.3) is 21.9 Å². The maximum absolute atomic E-state index is 2.66. The van der Waals surface area contributed by atoms with Crippen LogP contribution >= 0.6 is 23.5 Å². The fraction of sp³-hybridized carbons (Fsp3) is 0.0380. The summed E-state index contributed by atoms with van der Waals surface area (Å²) in [5.74, 6) is 0. The monoisotopic (exact) mass is 1140 g/mol. The third kappa shape index (κ3) is 7.64. The van der Waals surface area contributed by atoms with Crippen molar-refractivity contribution in [3.05, 3.63) is 302 Å². The van der Waals surface area contributed by atoms with E-state index in [0.717, 1.165) is 45.5 Å². The van der Waals surface area contributed by atoms with Gasteiger partial charge in [0.05, 0.1) is 0 Å². The predicted molar refractivity (Wildman–Crippen MR) is 371 cm³/mol. The molecule has 0 aromatic heterocycles. The van der Waals surface area contributed by atoms with Gasteiger partial charge in [0.1, 0.15) is 0 Å². The quantitative estimate of drug-likeness (QED) is 0.140. The van der Waals surface area contributed by atoms with Gasteiger partial charge in [-0.1, -0.05) is 212 Å². The first-order valence-electron chi connectivity index (χ1n) is 30.1. The molecule has 0 radical (unpaired) electrons. The second-order valence-electron chi connectivity index (χ2n) is 23.9. The van der Waals surface area contributed by atoms with Crippen LogP contribution in [0.5, 0.6) is 0 Å². The van der Waals surface area contributed by atoms with Gasteiger partial charge in [0.15, 0.2) is 0 Å². The van der Waals surface area contributed by atoms with Gasteiger partial charge >= 0.3 is 0 Å². The van der Waals surface area contributed by atoms with Crippen LogP contribution < -0.4 is 52.4 Å². The second kappa shape index (κ2) is 19.6. The molecule has 408 valence electrons. The lowest BCUT2D eigenvalue weighted by Crippen LogP contribution is -2.64. The summed E-state index contributed by atoms with van der Waals surface area (Å²) in [6, 6.07) is 109. The number of hydrogen-bond acceptors (Lipinski definition) is 6. The molecule has 0 N–H and O–H groups in total. The lowest BCUT2D eigenvalue weighted by molar-refractivity contribution is 0.661. The molecular formula is C79H54B2N4S2. The van der Waals surface area contributed by atoms with Gasteiger partial charge in [-0.2, -0.15) is 0 Å². The van der Waals surface area contributed by atoms with Gasteiger partial charge in [-0.15, -0.1) is 0 Å². The van der Waals surface area contributed by atoms with Crippen molar-refractivity contribution in [2.75, 3.05) is 19.6 Å². The zero-order chi connectivity index (χ0) is 57.5. The Morgan fingerprint density at radius 1 is 0.345 bits per heavy atom. The summed E-state index contributed by atoms with van der Waals surface area (Å²) in [5.41, 5.74) is 27.0. The Hall–Kier alpha value is -9.85. The molecule has 4 aliphatic heterocycles. The van der Waals surface area contributed by atoms with Crippen LogP contribution in [0.4, 0.5) is 68.2 Å². The van der Waals surface area contributed by atoms with Gasteiger partial charge in [-0.05, 0) is 182 Å². The van der Waals surface area contributed by atoms with Crippen LogP contribution in [0.15, 0.2) is 311 Å². The molecule has 8 heteroatoms. The van der Waals surface area contributed by atoms with E-state index in [-0.39, 0.29) is 13.4 Å². The molecular weight excluding hydrogens is 1090 g/mol. The Balaban J connectivity index is 0.881. The van der Waals surface area contributed by atoms with E-state index in [9.17, 15) is 0 Å². The van der Waals surface area contributed by atoms with Crippen LogP contribution in [-0.2, 0) is 5.41 Å². The molecule has 0 fully saturated rings. The Morgan fingerprint density at radius 2 is 0.874 bits per heavy atom. The first-order chi connectivity index (χ1) is 42.9. The van der Waals surface area contributed by atoms with Crippen LogP contribution in [-0.4, -0.2) is 13.4 Å². The van der Waals surface area contributed by atoms with Crippen molar-refractivity contribution in [1.82, 2.24) is 0 Å². The summed E-state index contributed by atoms with van der Waals surface area (Å²) in [6.45, 7) is 4.89. The van der Waals surface area contributed by atoms with E-state index in [1.807, 2.05) is 23.5 Å². The highest BCUT2D eigenvalue weighted by molar-refractivity contribution is 8.01. The normalized spacial score (nSPS) is 14.0. The van der Waals surface area contributed by atoms with E-state index in [1.54, 1.807) is 0 Å². The maximum atomic E-state index is 2.66. The third-order valence-electron chi connectivity index (χ3n) is 18.8. The first-order valence-corrected chi connectivity index (χ1v) is 31.8. The largest absolute Gasteiger partial charge is 0.311 e. The summed E-state index contributed by atoms with van der Waals surface area (Å²) in [7, 11) is 0. The number of benzene rings is 13. The molecule has 13 aromatic rings. The summed E-state index contributed by atoms with van der Waals surface area (Å²) in [5, 5.41) is 2.52. The molecule has 0 amide bonds. The van der Waals surface area contributed by atoms with Crippen LogP contribution in [0.2, 0.25) is 0 Å². The Bertz CT molecular complexity index is 4850. The molecule has 1 aliphatic carbocycles. The fourth-order valence-electron chi connectivity index (χ4n) is 15.2. The third-order valence-corrected chi connectivity index (χ3v) is 21.2. The van der Waals surface area contributed by atoms with E-state index in [4.69, 9.17) is 0 Å². The molecule has 0 bridgehead atoms. The average Bonchev–Trinajstić information content (AvgIpc) is 1.70. The lowest BCUT2D eigenvalue weighted by atomic mass is 9.31. The van der Waals surface area contributed by atoms with Gasteiger partial charge in [0.25, 0.3) is 6.71 Å². The highest BCUT2D eigenvalue weighted by Gasteiger charge is 2.51. The Kier molecular flexibility index (Phi) is 11.4. The van der Waals surface area contributed by atoms with Crippen LogP contribution in [0, 0.1) is 0 Å². The summed E-state index contributed by atoms with van der Waals surface area (Å²) in [4.78, 5) is 15.3. The van der Waals surface area contributed by atoms with Gasteiger partial charge in [-0.3, -0.25) is 0 Å². The molecule has 4 nitrogen and oxygen atoms in total. The molecule has 0 atom stereocenters. The van der Waals surface area contributed by atoms with Crippen molar-refractivity contribution in [2.24, 2.45) is 0 Å². The highest BCUT2D eigenvalue weighted by atomic mass is 32.2. The van der Waals surface area contributed by atoms with Crippen molar-refractivity contribution in [3.63, 3.8) is 0 Å². The number of anilines is 12. The smallest absolute Gasteiger partial charge is 0.252 e. The number of hydrogen-bond donors (Lipinski definition) is 0. The van der Waals surface area contributed by atoms with E-state index in [2.05, 4.69) is 325 Å². The first kappa shape index (κ1) is 50.5. The number of nitrogens with zero attached hydrogens (tertiary/aromatic N) is 4. The van der Waals surface area contributed by atoms with Crippen molar-refractivity contribution in [1.29, 1.82) is 0 Å². The fourth-order valence-corrected chi connectivity index (χ4v) is 17.7. The SMILES string of the molecule is CC1(C)c2cc(N(c3ccccc3)c3ccccc3)ccc2-c2cc3c4c(c21)N(c1ccccc1)c1ccccc1B4c1cc2c(cc1N3c1ccccc1)Sc1c3c(cc4cc(N(c5ccccc5)c5ccccc5)ccc14)Sc1ccccc1B23. The van der Waals surface area contributed by atoms with Crippen molar-refractivity contribution in [2.45, 2.75) is 38.8 Å². The minimum atomic E-state index is -0.410. The molecule has 5 aliphatic rings. The molecule has 18 rings (SSSR count). The molecule has 0 unspecified atom stereocenters. The minimum Gasteiger partial charge on any atom is -0.311 e. The molecule has 0 saturated carbocycles. The standard InChI is InChI=1S/C79H54B2N4S2/c1-79(2)63-47-59(83(54-29-13-5-14-30-54)55-31-15-6-16-32-55)42-44-61(63)62-48-70-75-77(74(62)79)85(57-35-19-8-20-36-57)68-39-23-21-37-64(68)80(75)66-49-67-72(50-69(66)84(70)56-33-17-7-18-34-56)87-78-60-43-41-58(82(52-25-9-3-10-26-52)53-27-11-4-12-28-53)45-51(60)46-73-76(78)81(67)65-38-22-24-40-71(65)86-73/h3-50H,1-2H3. The maximum Gasteiger partial charge on any atom is 0.252 e. The molecule has 0 spiro atoms. The van der Waals surface area contributed by atoms with E-state index in [1.165, 1.54) is 108 Å². The zero-order valence-corrected chi connectivity index (χ0v) is 49.6. The number of fused-ring (bicyclic) bond motifs is 14. The van der Waals surface area contributed by atoms with E-state index in [0.29, 0.717) is 0 Å². The van der Waals surface area contributed by atoms with Gasteiger partial charge in [-0.25, -0.2) is 0 Å². The minimum absolute atomic E-state index is 0.0305. The average molecular weight is 1150 g/mol. The Labute approximate surface area is 517 Å². The van der Waals surface area contributed by atoms with Gasteiger partial charge in [0, 0.05) is 93.2 Å². The van der Waals surface area contributed by atoms with Crippen LogP contribution in [0.3, 0.4) is 0 Å². The van der Waals surface area contributed by atoms with Crippen LogP contribution in [0.1, 0.15) is 25.0 Å². The Morgan fingerprint density at radius 3 is 1.51 bits per heavy atom. The van der Waals surface area contributed by atoms with Crippen molar-refractivity contribution >= 4 is 149 Å². The van der Waals surface area contributed by atoms with E-state index < -0.39 is 5.41 Å². The molecule has 13 aromatic carbocycles. The van der Waals surface area contributed by atoms with Crippen molar-refractivity contribution in [3.8, 4) is 11.1 Å². The second-order valence-corrected chi connectivity index (χ2v) is 26.1. The zero-order valence-electron chi connectivity index (χ0n) is 48.0. The predicted octanol–water partition coefficient (Wildman–Crippen LogP) is 17.6. The molecule has 4 heterocycles. The molecule has 0 saturated heterocycles. The topological polar surface area (TPSA) is 13.0 Å². The summed E-state index contributed by atoms with van der Waals surface area (Å²) >= 11 is 3.90. The van der Waals surface area contributed by atoms with E-state index >= 15 is 0 Å². The molecule has 87 heavy (non-hydrogen) atoms.